The lowest BCUT2D eigenvalue weighted by molar-refractivity contribution is 0.250. The van der Waals surface area contributed by atoms with Gasteiger partial charge in [-0.1, -0.05) is 109 Å². The van der Waals surface area contributed by atoms with Crippen molar-refractivity contribution < 1.29 is 28.7 Å². The molecule has 0 bridgehead atoms. The first-order chi connectivity index (χ1) is 65.9. The number of hydrogen-bond donors (Lipinski definition) is 0. The van der Waals surface area contributed by atoms with Crippen LogP contribution in [0.25, 0.3) is 0 Å². The fourth-order valence-corrected chi connectivity index (χ4v) is 18.9. The molecule has 8 aliphatic rings. The van der Waals surface area contributed by atoms with Crippen molar-refractivity contribution in [1.82, 2.24) is 59.5 Å². The molecule has 0 atom stereocenters. The number of ether oxygens (including phenoxy) is 2. The zero-order valence-corrected chi connectivity index (χ0v) is 80.8. The van der Waals surface area contributed by atoms with Crippen LogP contribution in [0.4, 0.5) is 87.9 Å². The number of carbonyl (C=O) groups excluding carboxylic acids is 4. The average molecular weight is 1830 g/mol. The Morgan fingerprint density at radius 1 is 0.272 bits per heavy atom. The normalized spacial score (nSPS) is 16.6. The van der Waals surface area contributed by atoms with Crippen LogP contribution in [0.1, 0.15) is 90.1 Å². The third kappa shape index (κ3) is 21.0. The predicted octanol–water partition coefficient (Wildman–Crippen LogP) is 14.8. The Balaban J connectivity index is 0.000000126. The van der Waals surface area contributed by atoms with E-state index in [-0.39, 0.29) is 24.1 Å². The number of para-hydroxylation sites is 4. The molecule has 30 heteroatoms. The van der Waals surface area contributed by atoms with Gasteiger partial charge in [0.05, 0.1) is 51.8 Å². The van der Waals surface area contributed by atoms with Gasteiger partial charge in [-0.15, -0.1) is 0 Å². The summed E-state index contributed by atoms with van der Waals surface area (Å²) in [5, 5.41) is 0. The summed E-state index contributed by atoms with van der Waals surface area (Å²) in [5.74, 6) is 7.17. The molecular formula is C106H124N24O6. The van der Waals surface area contributed by atoms with Gasteiger partial charge >= 0.3 is 24.1 Å². The largest absolute Gasteiger partial charge is 0.496 e. The molecule has 20 rings (SSSR count). The molecule has 8 aliphatic heterocycles. The summed E-state index contributed by atoms with van der Waals surface area (Å²) in [6.07, 6.45) is 9.76. The molecule has 12 aromatic rings. The highest BCUT2D eigenvalue weighted by molar-refractivity contribution is 6.08. The summed E-state index contributed by atoms with van der Waals surface area (Å²) in [7, 11) is 19.2. The van der Waals surface area contributed by atoms with Crippen LogP contribution < -0.4 is 68.3 Å². The monoisotopic (exact) mass is 1830 g/mol. The second kappa shape index (κ2) is 41.7. The van der Waals surface area contributed by atoms with E-state index in [1.807, 2.05) is 159 Å². The highest BCUT2D eigenvalue weighted by Gasteiger charge is 2.37. The first-order valence-electron chi connectivity index (χ1n) is 47.0. The fraction of sp³-hybridized carbons (Fsp3) is 0.358. The number of methoxy groups -OCH3 is 2. The number of anilines is 12. The van der Waals surface area contributed by atoms with Gasteiger partial charge in [0.1, 0.15) is 58.1 Å². The van der Waals surface area contributed by atoms with E-state index in [1.165, 1.54) is 33.9 Å². The molecule has 0 saturated carbocycles. The Hall–Kier alpha value is -14.2. The number of amides is 8. The minimum atomic E-state index is -0.0996. The van der Waals surface area contributed by atoms with Gasteiger partial charge in [-0.25, -0.2) is 59.0 Å². The Bertz CT molecular complexity index is 6220. The van der Waals surface area contributed by atoms with Gasteiger partial charge in [-0.05, 0) is 150 Å². The van der Waals surface area contributed by atoms with Crippen molar-refractivity contribution in [2.45, 2.75) is 79.6 Å². The zero-order chi connectivity index (χ0) is 95.0. The predicted molar refractivity (Wildman–Crippen MR) is 542 cm³/mol. The van der Waals surface area contributed by atoms with Crippen LogP contribution in [0.3, 0.4) is 0 Å². The minimum Gasteiger partial charge on any atom is -0.496 e. The van der Waals surface area contributed by atoms with Crippen molar-refractivity contribution in [3.63, 3.8) is 0 Å². The molecule has 4 fully saturated rings. The molecular weight excluding hydrogens is 1710 g/mol. The Labute approximate surface area is 798 Å². The van der Waals surface area contributed by atoms with E-state index in [1.54, 1.807) is 71.8 Å². The van der Waals surface area contributed by atoms with Gasteiger partial charge in [-0.3, -0.25) is 39.2 Å². The lowest BCUT2D eigenvalue weighted by Gasteiger charge is -2.35. The van der Waals surface area contributed by atoms with Crippen LogP contribution in [-0.2, 0) is 51.9 Å². The molecule has 136 heavy (non-hydrogen) atoms. The van der Waals surface area contributed by atoms with Crippen molar-refractivity contribution in [1.29, 1.82) is 0 Å². The number of hydrogen-bond acceptors (Lipinski definition) is 22. The van der Waals surface area contributed by atoms with E-state index in [0.29, 0.717) is 86.8 Å². The molecule has 12 heterocycles. The highest BCUT2D eigenvalue weighted by Crippen LogP contribution is 2.40. The first kappa shape index (κ1) is 93.6. The van der Waals surface area contributed by atoms with Gasteiger partial charge < -0.3 is 48.7 Å². The molecule has 0 unspecified atom stereocenters. The van der Waals surface area contributed by atoms with Crippen LogP contribution in [0.5, 0.6) is 11.5 Å². The van der Waals surface area contributed by atoms with Crippen LogP contribution in [-0.4, -0.2) is 259 Å². The molecule has 704 valence electrons. The third-order valence-electron chi connectivity index (χ3n) is 27.1. The number of fused-ring (bicyclic) bond motifs is 4. The molecule has 30 nitrogen and oxygen atoms in total. The third-order valence-corrected chi connectivity index (χ3v) is 27.1. The number of aromatic nitrogens is 8. The van der Waals surface area contributed by atoms with E-state index in [2.05, 4.69) is 172 Å². The molecule has 4 aromatic heterocycles. The number of likely N-dealkylation sites (N-methyl/N-ethyl adjacent to an activating group) is 4. The summed E-state index contributed by atoms with van der Waals surface area (Å²) < 4.78 is 11.5. The van der Waals surface area contributed by atoms with Gasteiger partial charge in [0, 0.05) is 263 Å². The van der Waals surface area contributed by atoms with E-state index >= 15 is 0 Å². The highest BCUT2D eigenvalue weighted by atomic mass is 16.5. The molecule has 4 saturated heterocycles. The quantitative estimate of drug-likeness (QED) is 0.0775. The SMILES string of the molecule is CN1CCN(c2ccc(Cc3ncc4c(n3)N(C)C(=O)N(c3ccccc3)C4)cc2)CC1.COc1cc(N2CCN(C)CC2)ccc1Cc1ncc2c(n1)N(C)C(=O)N(c1c(C)cccc1C)C2.COc1cc(N2CCN(C)CC2)ccc1Cc1ncc2c(n1)N(C)C(=O)N(c1ccccc1)C2.Cc1cccc(C)c1N1Cc2cnc(Cc3ccc(N4CCN(C)CC4)cc3)nc2N(C)C1=O. The molecule has 0 N–H and O–H groups in total. The van der Waals surface area contributed by atoms with E-state index in [9.17, 15) is 19.2 Å². The van der Waals surface area contributed by atoms with E-state index in [0.717, 1.165) is 206 Å². The van der Waals surface area contributed by atoms with E-state index < -0.39 is 0 Å². The molecule has 0 spiro atoms. The first-order valence-corrected chi connectivity index (χ1v) is 47.0. The maximum Gasteiger partial charge on any atom is 0.330 e. The smallest absolute Gasteiger partial charge is 0.330 e. The van der Waals surface area contributed by atoms with Gasteiger partial charge in [0.25, 0.3) is 0 Å². The molecule has 0 radical (unpaired) electrons. The Morgan fingerprint density at radius 2 is 0.529 bits per heavy atom. The molecule has 8 amide bonds. The number of rotatable bonds is 18. The van der Waals surface area contributed by atoms with Crippen LogP contribution in [0.2, 0.25) is 0 Å². The van der Waals surface area contributed by atoms with Gasteiger partial charge in [0.2, 0.25) is 0 Å². The second-order valence-corrected chi connectivity index (χ2v) is 36.6. The number of piperazine rings is 4. The summed E-state index contributed by atoms with van der Waals surface area (Å²) in [6.45, 7) is 26.9. The van der Waals surface area contributed by atoms with Gasteiger partial charge in [0.15, 0.2) is 0 Å². The Kier molecular flexibility index (Phi) is 28.7. The maximum atomic E-state index is 13.3. The van der Waals surface area contributed by atoms with Crippen molar-refractivity contribution in [2.24, 2.45) is 0 Å². The number of aryl methyl sites for hydroxylation is 4. The van der Waals surface area contributed by atoms with Crippen LogP contribution in [0.15, 0.2) is 207 Å². The zero-order valence-electron chi connectivity index (χ0n) is 80.8. The fourth-order valence-electron chi connectivity index (χ4n) is 18.9. The molecule has 8 aromatic carbocycles. The number of benzene rings is 8. The lowest BCUT2D eigenvalue weighted by atomic mass is 10.1. The summed E-state index contributed by atoms with van der Waals surface area (Å²) in [4.78, 5) is 123. The van der Waals surface area contributed by atoms with Crippen molar-refractivity contribution >= 4 is 92.9 Å². The van der Waals surface area contributed by atoms with Crippen molar-refractivity contribution in [2.75, 3.05) is 234 Å². The van der Waals surface area contributed by atoms with Gasteiger partial charge in [-0.2, -0.15) is 0 Å². The number of carbonyl (C=O) groups is 4. The Morgan fingerprint density at radius 3 is 0.816 bits per heavy atom. The summed E-state index contributed by atoms with van der Waals surface area (Å²) in [6, 6.07) is 61.3. The van der Waals surface area contributed by atoms with Crippen molar-refractivity contribution in [3.8, 4) is 11.5 Å². The number of nitrogens with zero attached hydrogens (tertiary/aromatic N) is 24. The maximum absolute atomic E-state index is 13.3. The summed E-state index contributed by atoms with van der Waals surface area (Å²) >= 11 is 0. The lowest BCUT2D eigenvalue weighted by Crippen LogP contribution is -2.46. The van der Waals surface area contributed by atoms with Crippen LogP contribution in [0, 0.1) is 27.7 Å². The summed E-state index contributed by atoms with van der Waals surface area (Å²) in [5.41, 5.74) is 21.0. The average Bonchev–Trinajstić information content (AvgIpc) is 0.787. The second-order valence-electron chi connectivity index (χ2n) is 36.6. The topological polar surface area (TPSA) is 242 Å². The molecule has 0 aliphatic carbocycles. The number of urea groups is 4. The van der Waals surface area contributed by atoms with Crippen LogP contribution >= 0.6 is 0 Å². The standard InChI is InChI=1S/C28H34N6O2.C27H32N6O.C26H30N6O2.C25H28N6O/c1-19-7-6-8-20(2)26(19)34-18-22-17-29-25(30-27(22)32(4)28(34)35)15-21-9-10-23(16-24(21)36-5)33-13-11-31(3)12-14-33;1-19-6-5-7-20(2)25(19)33-18-22-17-28-24(29-26(22)31(4)27(33)34)16-21-8-10-23(11-9-21)32-14-12-30(3)13-15-32;1-29-11-13-31(14-12-29)22-10-9-19(23(16-22)34-3)15-24-27-17-20-18-32(21-7-5-4-6-8-21)26(33)30(2)25(20)28-24;1-28-12-14-30(15-13-28)21-10-8-19(9-11-21)16-23-26-17-20-18-31(22-6-4-3-5-7-22)25(32)29(2)24(20)27-23/h6-10,16-17H,11-15,18H2,1-5H3;5-11,17H,12-16,18H2,1-4H3;4-10,16-17H,11-15,18H2,1-3H3;3-11,17H,12-16,18H2,1-2H3. The minimum absolute atomic E-state index is 0.0638. The van der Waals surface area contributed by atoms with Crippen molar-refractivity contribution in [3.05, 3.63) is 297 Å². The van der Waals surface area contributed by atoms with E-state index in [4.69, 9.17) is 29.4 Å².